The standard InChI is InChI=1S/C13H16BrN3O/c1-4-10-12(15)13(18)17(16(10)3)11-6-5-9(14)7-8(11)2/h5-7H,4,15H2,1-3H3. The van der Waals surface area contributed by atoms with E-state index >= 15 is 0 Å². The number of halogens is 1. The van der Waals surface area contributed by atoms with Gasteiger partial charge in [-0.25, -0.2) is 4.68 Å². The highest BCUT2D eigenvalue weighted by Gasteiger charge is 2.16. The highest BCUT2D eigenvalue weighted by atomic mass is 79.9. The van der Waals surface area contributed by atoms with E-state index in [1.165, 1.54) is 0 Å². The lowest BCUT2D eigenvalue weighted by atomic mass is 10.2. The van der Waals surface area contributed by atoms with Crippen molar-refractivity contribution < 1.29 is 0 Å². The zero-order valence-corrected chi connectivity index (χ0v) is 12.3. The van der Waals surface area contributed by atoms with Gasteiger partial charge in [-0.1, -0.05) is 22.9 Å². The maximum absolute atomic E-state index is 12.2. The minimum absolute atomic E-state index is 0.153. The number of nitrogens with two attached hydrogens (primary N) is 1. The van der Waals surface area contributed by atoms with Gasteiger partial charge in [-0.3, -0.25) is 9.48 Å². The first kappa shape index (κ1) is 13.0. The fourth-order valence-corrected chi connectivity index (χ4v) is 2.69. The lowest BCUT2D eigenvalue weighted by Crippen LogP contribution is -2.21. The van der Waals surface area contributed by atoms with Crippen LogP contribution in [0.2, 0.25) is 0 Å². The summed E-state index contributed by atoms with van der Waals surface area (Å²) < 4.78 is 4.44. The van der Waals surface area contributed by atoms with Crippen molar-refractivity contribution in [1.29, 1.82) is 0 Å². The number of nitrogens with zero attached hydrogens (tertiary/aromatic N) is 2. The molecular formula is C13H16BrN3O. The zero-order chi connectivity index (χ0) is 13.4. The normalized spacial score (nSPS) is 10.9. The molecule has 1 aromatic heterocycles. The number of benzene rings is 1. The molecule has 0 saturated heterocycles. The zero-order valence-electron chi connectivity index (χ0n) is 10.7. The third-order valence-corrected chi connectivity index (χ3v) is 3.64. The van der Waals surface area contributed by atoms with Crippen LogP contribution in [0.5, 0.6) is 0 Å². The Bertz CT molecular complexity index is 655. The van der Waals surface area contributed by atoms with Crippen molar-refractivity contribution in [2.45, 2.75) is 20.3 Å². The molecule has 96 valence electrons. The van der Waals surface area contributed by atoms with Crippen molar-refractivity contribution in [3.63, 3.8) is 0 Å². The fourth-order valence-electron chi connectivity index (χ4n) is 2.22. The molecular weight excluding hydrogens is 294 g/mol. The third-order valence-electron chi connectivity index (χ3n) is 3.15. The summed E-state index contributed by atoms with van der Waals surface area (Å²) >= 11 is 3.42. The van der Waals surface area contributed by atoms with E-state index in [0.717, 1.165) is 27.8 Å². The van der Waals surface area contributed by atoms with Crippen molar-refractivity contribution in [3.8, 4) is 5.69 Å². The van der Waals surface area contributed by atoms with E-state index in [1.54, 1.807) is 4.68 Å². The first-order chi connectivity index (χ1) is 8.47. The molecule has 0 radical (unpaired) electrons. The molecule has 0 spiro atoms. The van der Waals surface area contributed by atoms with Gasteiger partial charge in [-0.15, -0.1) is 0 Å². The quantitative estimate of drug-likeness (QED) is 0.926. The Morgan fingerprint density at radius 1 is 1.39 bits per heavy atom. The third kappa shape index (κ3) is 1.88. The summed E-state index contributed by atoms with van der Waals surface area (Å²) in [5.41, 5.74) is 8.80. The number of nitrogen functional groups attached to an aromatic ring is 1. The minimum atomic E-state index is -0.153. The number of aryl methyl sites for hydroxylation is 1. The van der Waals surface area contributed by atoms with Crippen LogP contribution < -0.4 is 11.3 Å². The Morgan fingerprint density at radius 2 is 2.06 bits per heavy atom. The predicted octanol–water partition coefficient (Wildman–Crippen LogP) is 2.39. The molecule has 1 heterocycles. The molecule has 0 aliphatic rings. The number of rotatable bonds is 2. The van der Waals surface area contributed by atoms with E-state index in [0.29, 0.717) is 5.69 Å². The second-order valence-electron chi connectivity index (χ2n) is 4.29. The summed E-state index contributed by atoms with van der Waals surface area (Å²) in [4.78, 5) is 12.2. The van der Waals surface area contributed by atoms with Crippen molar-refractivity contribution in [2.24, 2.45) is 7.05 Å². The van der Waals surface area contributed by atoms with Crippen LogP contribution in [0.3, 0.4) is 0 Å². The minimum Gasteiger partial charge on any atom is -0.393 e. The van der Waals surface area contributed by atoms with Crippen LogP contribution in [-0.2, 0) is 13.5 Å². The van der Waals surface area contributed by atoms with Crippen LogP contribution in [0, 0.1) is 6.92 Å². The lowest BCUT2D eigenvalue weighted by molar-refractivity contribution is 0.616. The average Bonchev–Trinajstić information content (AvgIpc) is 2.52. The Labute approximate surface area is 114 Å². The maximum atomic E-state index is 12.2. The SMILES string of the molecule is CCc1c(N)c(=O)n(-c2ccc(Br)cc2C)n1C. The van der Waals surface area contributed by atoms with Crippen LogP contribution in [0.1, 0.15) is 18.2 Å². The van der Waals surface area contributed by atoms with E-state index in [2.05, 4.69) is 15.9 Å². The largest absolute Gasteiger partial charge is 0.393 e. The van der Waals surface area contributed by atoms with Gasteiger partial charge in [-0.05, 0) is 37.1 Å². The summed E-state index contributed by atoms with van der Waals surface area (Å²) in [6.45, 7) is 3.96. The lowest BCUT2D eigenvalue weighted by Gasteiger charge is -2.11. The van der Waals surface area contributed by atoms with Crippen LogP contribution >= 0.6 is 15.9 Å². The first-order valence-electron chi connectivity index (χ1n) is 5.80. The van der Waals surface area contributed by atoms with Gasteiger partial charge in [0.1, 0.15) is 5.69 Å². The van der Waals surface area contributed by atoms with Gasteiger partial charge in [0, 0.05) is 11.5 Å². The molecule has 5 heteroatoms. The van der Waals surface area contributed by atoms with Crippen LogP contribution in [0.15, 0.2) is 27.5 Å². The van der Waals surface area contributed by atoms with Crippen LogP contribution in [0.4, 0.5) is 5.69 Å². The monoisotopic (exact) mass is 309 g/mol. The topological polar surface area (TPSA) is 53.0 Å². The molecule has 0 saturated carbocycles. The Hall–Kier alpha value is -1.49. The molecule has 0 aliphatic heterocycles. The molecule has 0 fully saturated rings. The number of hydrogen-bond donors (Lipinski definition) is 1. The number of aromatic nitrogens is 2. The summed E-state index contributed by atoms with van der Waals surface area (Å²) in [6.07, 6.45) is 0.736. The van der Waals surface area contributed by atoms with Gasteiger partial charge in [0.05, 0.1) is 11.4 Å². The number of hydrogen-bond acceptors (Lipinski definition) is 2. The molecule has 0 bridgehead atoms. The van der Waals surface area contributed by atoms with Gasteiger partial charge >= 0.3 is 0 Å². The second-order valence-corrected chi connectivity index (χ2v) is 5.20. The van der Waals surface area contributed by atoms with Crippen LogP contribution in [0.25, 0.3) is 5.69 Å². The molecule has 0 unspecified atom stereocenters. The van der Waals surface area contributed by atoms with Crippen molar-refractivity contribution >= 4 is 21.6 Å². The molecule has 0 atom stereocenters. The maximum Gasteiger partial charge on any atom is 0.294 e. The van der Waals surface area contributed by atoms with Crippen molar-refractivity contribution in [2.75, 3.05) is 5.73 Å². The van der Waals surface area contributed by atoms with E-state index in [1.807, 2.05) is 43.8 Å². The first-order valence-corrected chi connectivity index (χ1v) is 6.59. The van der Waals surface area contributed by atoms with Gasteiger partial charge in [0.15, 0.2) is 0 Å². The van der Waals surface area contributed by atoms with E-state index < -0.39 is 0 Å². The van der Waals surface area contributed by atoms with E-state index in [4.69, 9.17) is 5.73 Å². The van der Waals surface area contributed by atoms with Gasteiger partial charge in [0.2, 0.25) is 0 Å². The predicted molar refractivity (Wildman–Crippen MR) is 77.2 cm³/mol. The highest BCUT2D eigenvalue weighted by Crippen LogP contribution is 2.20. The molecule has 0 aliphatic carbocycles. The van der Waals surface area contributed by atoms with Gasteiger partial charge in [-0.2, -0.15) is 0 Å². The Kier molecular flexibility index (Phi) is 3.34. The van der Waals surface area contributed by atoms with Gasteiger partial charge in [0.25, 0.3) is 5.56 Å². The summed E-state index contributed by atoms with van der Waals surface area (Å²) in [5, 5.41) is 0. The smallest absolute Gasteiger partial charge is 0.294 e. The summed E-state index contributed by atoms with van der Waals surface area (Å²) in [6, 6.07) is 5.82. The van der Waals surface area contributed by atoms with Gasteiger partial charge < -0.3 is 5.73 Å². The highest BCUT2D eigenvalue weighted by molar-refractivity contribution is 9.10. The van der Waals surface area contributed by atoms with Crippen molar-refractivity contribution in [1.82, 2.24) is 9.36 Å². The Balaban J connectivity index is 2.76. The molecule has 2 rings (SSSR count). The summed E-state index contributed by atoms with van der Waals surface area (Å²) in [7, 11) is 1.86. The van der Waals surface area contributed by atoms with Crippen LogP contribution in [-0.4, -0.2) is 9.36 Å². The van der Waals surface area contributed by atoms with Crippen molar-refractivity contribution in [3.05, 3.63) is 44.3 Å². The van der Waals surface area contributed by atoms with E-state index in [-0.39, 0.29) is 5.56 Å². The molecule has 18 heavy (non-hydrogen) atoms. The van der Waals surface area contributed by atoms with E-state index in [9.17, 15) is 4.79 Å². The molecule has 2 N–H and O–H groups in total. The second kappa shape index (κ2) is 4.65. The summed E-state index contributed by atoms with van der Waals surface area (Å²) in [5.74, 6) is 0. The molecule has 2 aromatic rings. The fraction of sp³-hybridized carbons (Fsp3) is 0.308. The average molecular weight is 310 g/mol. The Morgan fingerprint density at radius 3 is 2.56 bits per heavy atom. The number of anilines is 1. The molecule has 4 nitrogen and oxygen atoms in total. The molecule has 0 amide bonds. The molecule has 1 aromatic carbocycles.